The Morgan fingerprint density at radius 2 is 1.78 bits per heavy atom. The summed E-state index contributed by atoms with van der Waals surface area (Å²) < 4.78 is 1.73. The van der Waals surface area contributed by atoms with Crippen LogP contribution in [0.5, 0.6) is 0 Å². The lowest BCUT2D eigenvalue weighted by Crippen LogP contribution is -2.43. The fraction of sp³-hybridized carbons (Fsp3) is 0.179. The predicted octanol–water partition coefficient (Wildman–Crippen LogP) is 4.16. The summed E-state index contributed by atoms with van der Waals surface area (Å²) in [6.45, 7) is 6.15. The minimum absolute atomic E-state index is 0.0437. The summed E-state index contributed by atoms with van der Waals surface area (Å²) >= 11 is 0. The summed E-state index contributed by atoms with van der Waals surface area (Å²) in [5, 5.41) is 5.12. The van der Waals surface area contributed by atoms with E-state index in [1.165, 1.54) is 0 Å². The molecular weight excluding hydrogens is 466 g/mol. The van der Waals surface area contributed by atoms with Crippen molar-refractivity contribution in [3.63, 3.8) is 0 Å². The fourth-order valence-corrected chi connectivity index (χ4v) is 4.15. The lowest BCUT2D eigenvalue weighted by Gasteiger charge is -2.19. The maximum atomic E-state index is 13.2. The smallest absolute Gasteiger partial charge is 0.321 e. The number of guanidine groups is 1. The molecule has 0 saturated carbocycles. The molecule has 0 aliphatic heterocycles. The van der Waals surface area contributed by atoms with E-state index in [-0.39, 0.29) is 17.6 Å². The van der Waals surface area contributed by atoms with Gasteiger partial charge in [0.2, 0.25) is 5.96 Å². The summed E-state index contributed by atoms with van der Waals surface area (Å²) in [6.07, 6.45) is 3.42. The first-order chi connectivity index (χ1) is 17.9. The monoisotopic (exact) mass is 495 g/mol. The average molecular weight is 496 g/mol. The number of amides is 2. The van der Waals surface area contributed by atoms with Crippen LogP contribution in [0.25, 0.3) is 22.4 Å². The molecular formula is C28H29N7O2. The fourth-order valence-electron chi connectivity index (χ4n) is 4.15. The van der Waals surface area contributed by atoms with Crippen molar-refractivity contribution in [2.45, 2.75) is 26.8 Å². The van der Waals surface area contributed by atoms with E-state index in [0.717, 1.165) is 22.5 Å². The number of carbonyl (C=O) groups excluding carboxylic acids is 1. The Bertz CT molecular complexity index is 1480. The Morgan fingerprint density at radius 1 is 1.03 bits per heavy atom. The van der Waals surface area contributed by atoms with Gasteiger partial charge in [0.1, 0.15) is 0 Å². The Kier molecular flexibility index (Phi) is 7.73. The standard InChI is InChI=1S/C28H29N7O2/c1-4-30-28(37)34-27(29)33-25-12-11-20(16-22(25)24-10-6-8-14-32-24)21-15-18(2)35(26(36)17-21)19(3)23-9-5-7-13-31-23/h5-17,19H,4H2,1-3H3,(H4,29,30,33,34,37). The SMILES string of the molecule is CCNC(=O)NC(N)=Nc1ccc(-c2cc(C)n(C(C)c3ccccn3)c(=O)c2)cc1-c1ccccn1. The first kappa shape index (κ1) is 25.3. The number of rotatable bonds is 6. The molecule has 188 valence electrons. The molecule has 3 aromatic heterocycles. The predicted molar refractivity (Wildman–Crippen MR) is 146 cm³/mol. The average Bonchev–Trinajstić information content (AvgIpc) is 2.89. The third-order valence-corrected chi connectivity index (χ3v) is 5.85. The number of aliphatic imine (C=N–C) groups is 1. The number of aromatic nitrogens is 3. The molecule has 0 fully saturated rings. The van der Waals surface area contributed by atoms with E-state index in [0.29, 0.717) is 23.5 Å². The van der Waals surface area contributed by atoms with Crippen LogP contribution in [0.4, 0.5) is 10.5 Å². The molecule has 3 heterocycles. The van der Waals surface area contributed by atoms with E-state index in [4.69, 9.17) is 5.73 Å². The third-order valence-electron chi connectivity index (χ3n) is 5.85. The van der Waals surface area contributed by atoms with Gasteiger partial charge >= 0.3 is 6.03 Å². The maximum Gasteiger partial charge on any atom is 0.321 e. The lowest BCUT2D eigenvalue weighted by atomic mass is 9.99. The van der Waals surface area contributed by atoms with E-state index in [2.05, 4.69) is 25.6 Å². The molecule has 0 bridgehead atoms. The summed E-state index contributed by atoms with van der Waals surface area (Å²) in [4.78, 5) is 38.3. The van der Waals surface area contributed by atoms with E-state index in [1.807, 2.05) is 75.4 Å². The molecule has 0 aliphatic rings. The highest BCUT2D eigenvalue weighted by Crippen LogP contribution is 2.33. The van der Waals surface area contributed by atoms with Crippen LogP contribution in [-0.4, -0.2) is 33.1 Å². The first-order valence-corrected chi connectivity index (χ1v) is 12.0. The van der Waals surface area contributed by atoms with Crippen molar-refractivity contribution in [1.82, 2.24) is 25.2 Å². The summed E-state index contributed by atoms with van der Waals surface area (Å²) in [5.41, 5.74) is 11.0. The van der Waals surface area contributed by atoms with Crippen LogP contribution in [0, 0.1) is 6.92 Å². The second-order valence-corrected chi connectivity index (χ2v) is 8.45. The Hall–Kier alpha value is -4.79. The van der Waals surface area contributed by atoms with Gasteiger partial charge in [-0.2, -0.15) is 0 Å². The number of aryl methyl sites for hydroxylation is 1. The second-order valence-electron chi connectivity index (χ2n) is 8.45. The molecule has 4 rings (SSSR count). The van der Waals surface area contributed by atoms with Crippen LogP contribution in [0.2, 0.25) is 0 Å². The summed E-state index contributed by atoms with van der Waals surface area (Å²) in [7, 11) is 0. The molecule has 9 heteroatoms. The quantitative estimate of drug-likeness (QED) is 0.273. The Morgan fingerprint density at radius 3 is 2.43 bits per heavy atom. The highest BCUT2D eigenvalue weighted by Gasteiger charge is 2.16. The zero-order valence-corrected chi connectivity index (χ0v) is 21.0. The van der Waals surface area contributed by atoms with Gasteiger partial charge in [-0.3, -0.25) is 20.1 Å². The van der Waals surface area contributed by atoms with Crippen LogP contribution in [0.3, 0.4) is 0 Å². The van der Waals surface area contributed by atoms with Crippen molar-refractivity contribution >= 4 is 17.7 Å². The molecule has 2 amide bonds. The largest absolute Gasteiger partial charge is 0.369 e. The first-order valence-electron chi connectivity index (χ1n) is 12.0. The number of urea groups is 1. The van der Waals surface area contributed by atoms with Gasteiger partial charge < -0.3 is 15.6 Å². The van der Waals surface area contributed by atoms with Crippen LogP contribution < -0.4 is 21.9 Å². The zero-order chi connectivity index (χ0) is 26.4. The Labute approximate surface area is 215 Å². The number of nitrogens with zero attached hydrogens (tertiary/aromatic N) is 4. The molecule has 37 heavy (non-hydrogen) atoms. The zero-order valence-electron chi connectivity index (χ0n) is 21.0. The minimum Gasteiger partial charge on any atom is -0.369 e. The van der Waals surface area contributed by atoms with Crippen LogP contribution >= 0.6 is 0 Å². The number of hydrogen-bond acceptors (Lipinski definition) is 5. The van der Waals surface area contributed by atoms with Gasteiger partial charge in [-0.05, 0) is 74.4 Å². The Balaban J connectivity index is 1.75. The molecule has 0 aliphatic carbocycles. The molecule has 4 N–H and O–H groups in total. The van der Waals surface area contributed by atoms with Gasteiger partial charge in [0.25, 0.3) is 5.56 Å². The van der Waals surface area contributed by atoms with Gasteiger partial charge in [-0.15, -0.1) is 0 Å². The van der Waals surface area contributed by atoms with Crippen molar-refractivity contribution in [3.05, 3.63) is 101 Å². The normalized spacial score (nSPS) is 12.1. The third kappa shape index (κ3) is 5.90. The number of benzene rings is 1. The molecule has 0 radical (unpaired) electrons. The molecule has 1 aromatic carbocycles. The van der Waals surface area contributed by atoms with Crippen molar-refractivity contribution in [2.24, 2.45) is 10.7 Å². The highest BCUT2D eigenvalue weighted by molar-refractivity contribution is 5.97. The number of hydrogen-bond donors (Lipinski definition) is 3. The summed E-state index contributed by atoms with van der Waals surface area (Å²) in [5.74, 6) is -0.0437. The second kappa shape index (κ2) is 11.3. The minimum atomic E-state index is -0.435. The molecule has 0 saturated heterocycles. The van der Waals surface area contributed by atoms with Gasteiger partial charge in [-0.1, -0.05) is 18.2 Å². The van der Waals surface area contributed by atoms with Gasteiger partial charge in [0.05, 0.1) is 23.1 Å². The van der Waals surface area contributed by atoms with E-state index in [1.54, 1.807) is 29.1 Å². The highest BCUT2D eigenvalue weighted by atomic mass is 16.2. The number of nitrogens with one attached hydrogen (secondary N) is 2. The van der Waals surface area contributed by atoms with E-state index in [9.17, 15) is 9.59 Å². The van der Waals surface area contributed by atoms with Crippen molar-refractivity contribution < 1.29 is 4.79 Å². The van der Waals surface area contributed by atoms with Crippen molar-refractivity contribution in [3.8, 4) is 22.4 Å². The molecule has 1 atom stereocenters. The number of nitrogens with two attached hydrogens (primary N) is 1. The van der Waals surface area contributed by atoms with Crippen LogP contribution in [-0.2, 0) is 0 Å². The molecule has 4 aromatic rings. The summed E-state index contributed by atoms with van der Waals surface area (Å²) in [6, 6.07) is 19.8. The van der Waals surface area contributed by atoms with Gasteiger partial charge in [0.15, 0.2) is 0 Å². The number of carbonyl (C=O) groups is 1. The van der Waals surface area contributed by atoms with E-state index < -0.39 is 6.03 Å². The van der Waals surface area contributed by atoms with Gasteiger partial charge in [-0.25, -0.2) is 9.79 Å². The number of pyridine rings is 3. The van der Waals surface area contributed by atoms with Crippen molar-refractivity contribution in [2.75, 3.05) is 6.54 Å². The van der Waals surface area contributed by atoms with Crippen molar-refractivity contribution in [1.29, 1.82) is 0 Å². The van der Waals surface area contributed by atoms with Crippen LogP contribution in [0.1, 0.15) is 31.3 Å². The van der Waals surface area contributed by atoms with Gasteiger partial charge in [0, 0.05) is 36.3 Å². The molecule has 0 spiro atoms. The van der Waals surface area contributed by atoms with E-state index >= 15 is 0 Å². The lowest BCUT2D eigenvalue weighted by molar-refractivity contribution is 0.245. The van der Waals surface area contributed by atoms with Crippen LogP contribution in [0.15, 0.2) is 88.9 Å². The topological polar surface area (TPSA) is 127 Å². The molecule has 9 nitrogen and oxygen atoms in total. The molecule has 1 unspecified atom stereocenters. The maximum absolute atomic E-state index is 13.2.